The number of hydrogen-bond acceptors (Lipinski definition) is 5. The minimum Gasteiger partial charge on any atom is -0.509 e. The number of anilines is 2. The molecule has 188 valence electrons. The van der Waals surface area contributed by atoms with Gasteiger partial charge in [-0.2, -0.15) is 12.1 Å². The van der Waals surface area contributed by atoms with Crippen LogP contribution in [0.4, 0.5) is 11.4 Å². The molecule has 0 N–H and O–H groups in total. The van der Waals surface area contributed by atoms with E-state index in [-0.39, 0.29) is 21.1 Å². The van der Waals surface area contributed by atoms with Crippen molar-refractivity contribution in [2.24, 2.45) is 0 Å². The van der Waals surface area contributed by atoms with Gasteiger partial charge in [0.15, 0.2) is 0 Å². The van der Waals surface area contributed by atoms with Crippen LogP contribution in [0.25, 0.3) is 27.8 Å². The molecule has 6 aromatic rings. The molecule has 2 aromatic heterocycles. The smallest absolute Gasteiger partial charge is 0.232 e. The van der Waals surface area contributed by atoms with E-state index < -0.39 is 0 Å². The molecule has 6 nitrogen and oxygen atoms in total. The molecule has 0 saturated heterocycles. The van der Waals surface area contributed by atoms with Crippen molar-refractivity contribution in [2.75, 3.05) is 9.80 Å². The Balaban J connectivity index is 0.00000264. The summed E-state index contributed by atoms with van der Waals surface area (Å²) in [6.07, 6.45) is 7.50. The molecule has 0 bridgehead atoms. The number of benzene rings is 4. The molecule has 0 unspecified atom stereocenters. The normalized spacial score (nSPS) is 12.7. The Bertz CT molecular complexity index is 1750. The topological polar surface area (TPSA) is 46.4 Å². The van der Waals surface area contributed by atoms with Crippen molar-refractivity contribution in [3.8, 4) is 17.4 Å². The van der Waals surface area contributed by atoms with Crippen LogP contribution in [0.2, 0.25) is 0 Å². The van der Waals surface area contributed by atoms with Gasteiger partial charge in [-0.1, -0.05) is 41.9 Å². The fraction of sp³-hybridized carbons (Fsp3) is 0. The van der Waals surface area contributed by atoms with E-state index in [4.69, 9.17) is 4.74 Å². The van der Waals surface area contributed by atoms with Gasteiger partial charge in [0.05, 0.1) is 0 Å². The summed E-state index contributed by atoms with van der Waals surface area (Å²) in [5.74, 6) is 1.79. The van der Waals surface area contributed by atoms with Crippen LogP contribution in [0.3, 0.4) is 0 Å². The molecule has 0 radical (unpaired) electrons. The van der Waals surface area contributed by atoms with Crippen molar-refractivity contribution in [1.82, 2.24) is 14.5 Å². The van der Waals surface area contributed by atoms with Crippen LogP contribution in [0.5, 0.6) is 11.5 Å². The van der Waals surface area contributed by atoms with Crippen LogP contribution in [0.1, 0.15) is 0 Å². The van der Waals surface area contributed by atoms with Gasteiger partial charge in [-0.3, -0.25) is 0 Å². The van der Waals surface area contributed by atoms with Crippen molar-refractivity contribution in [2.45, 2.75) is 0 Å². The first-order valence-electron chi connectivity index (χ1n) is 11.9. The molecular formula is C31H20N5OPt-3. The average Bonchev–Trinajstić information content (AvgIpc) is 3.58. The first-order chi connectivity index (χ1) is 18.3. The number of para-hydroxylation sites is 2. The molecule has 38 heavy (non-hydrogen) atoms. The Morgan fingerprint density at radius 3 is 2.29 bits per heavy atom. The Kier molecular flexibility index (Phi) is 6.40. The molecule has 7 rings (SSSR count). The van der Waals surface area contributed by atoms with E-state index in [9.17, 15) is 0 Å². The SMILES string of the molecule is [Pt].[c-]1c(Oc2[c-]c3c(cc2)c2ccccc2n3-c2ncccn2)cccc1N1C=CN(c2ccccc2)[CH-]1. The molecule has 0 aliphatic carbocycles. The van der Waals surface area contributed by atoms with Gasteiger partial charge in [-0.05, 0) is 42.1 Å². The number of ether oxygens (including phenoxy) is 1. The summed E-state index contributed by atoms with van der Waals surface area (Å²) in [4.78, 5) is 13.0. The van der Waals surface area contributed by atoms with Gasteiger partial charge >= 0.3 is 0 Å². The average molecular weight is 674 g/mol. The van der Waals surface area contributed by atoms with E-state index in [0.29, 0.717) is 17.4 Å². The summed E-state index contributed by atoms with van der Waals surface area (Å²) in [5, 5.41) is 2.17. The van der Waals surface area contributed by atoms with Crippen molar-refractivity contribution in [3.05, 3.63) is 135 Å². The molecule has 1 aliphatic rings. The van der Waals surface area contributed by atoms with Gasteiger partial charge in [-0.25, -0.2) is 9.97 Å². The number of hydrogen-bond donors (Lipinski definition) is 0. The summed E-state index contributed by atoms with van der Waals surface area (Å²) in [7, 11) is 0. The maximum Gasteiger partial charge on any atom is 0.232 e. The van der Waals surface area contributed by atoms with Crippen LogP contribution in [0, 0.1) is 18.8 Å². The van der Waals surface area contributed by atoms with E-state index in [1.54, 1.807) is 12.4 Å². The maximum atomic E-state index is 6.24. The minimum atomic E-state index is 0. The van der Waals surface area contributed by atoms with Gasteiger partial charge in [0.1, 0.15) is 0 Å². The molecular weight excluding hydrogens is 653 g/mol. The third-order valence-corrected chi connectivity index (χ3v) is 6.25. The maximum absolute atomic E-state index is 6.24. The Hall–Kier alpha value is -4.41. The molecule has 0 fully saturated rings. The number of rotatable bonds is 5. The van der Waals surface area contributed by atoms with E-state index in [0.717, 1.165) is 33.2 Å². The summed E-state index contributed by atoms with van der Waals surface area (Å²) in [6, 6.07) is 36.9. The quantitative estimate of drug-likeness (QED) is 0.187. The second-order valence-corrected chi connectivity index (χ2v) is 8.55. The summed E-state index contributed by atoms with van der Waals surface area (Å²) >= 11 is 0. The van der Waals surface area contributed by atoms with E-state index >= 15 is 0 Å². The minimum absolute atomic E-state index is 0. The van der Waals surface area contributed by atoms with Crippen LogP contribution < -0.4 is 14.5 Å². The third kappa shape index (κ3) is 4.33. The zero-order valence-corrected chi connectivity index (χ0v) is 22.3. The fourth-order valence-corrected chi connectivity index (χ4v) is 4.56. The summed E-state index contributed by atoms with van der Waals surface area (Å²) < 4.78 is 8.26. The third-order valence-electron chi connectivity index (χ3n) is 6.25. The Morgan fingerprint density at radius 2 is 1.42 bits per heavy atom. The van der Waals surface area contributed by atoms with E-state index in [1.165, 1.54) is 0 Å². The predicted octanol–water partition coefficient (Wildman–Crippen LogP) is 6.88. The number of aromatic nitrogens is 3. The molecule has 4 aromatic carbocycles. The molecule has 0 spiro atoms. The molecule has 0 amide bonds. The molecule has 1 aliphatic heterocycles. The zero-order chi connectivity index (χ0) is 24.6. The second kappa shape index (κ2) is 10.2. The van der Waals surface area contributed by atoms with E-state index in [2.05, 4.69) is 57.3 Å². The Morgan fingerprint density at radius 1 is 0.658 bits per heavy atom. The summed E-state index contributed by atoms with van der Waals surface area (Å²) in [5.41, 5.74) is 3.84. The van der Waals surface area contributed by atoms with Crippen molar-refractivity contribution >= 4 is 33.2 Å². The fourth-order valence-electron chi connectivity index (χ4n) is 4.56. The van der Waals surface area contributed by atoms with Crippen LogP contribution >= 0.6 is 0 Å². The molecule has 7 heteroatoms. The zero-order valence-electron chi connectivity index (χ0n) is 20.0. The van der Waals surface area contributed by atoms with Gasteiger partial charge in [-0.15, -0.1) is 48.1 Å². The number of fused-ring (bicyclic) bond motifs is 3. The first kappa shape index (κ1) is 24.0. The number of nitrogens with zero attached hydrogens (tertiary/aromatic N) is 5. The van der Waals surface area contributed by atoms with Gasteiger partial charge in [0.2, 0.25) is 5.95 Å². The van der Waals surface area contributed by atoms with Gasteiger partial charge in [0, 0.05) is 56.2 Å². The molecule has 0 saturated carbocycles. The van der Waals surface area contributed by atoms with Gasteiger partial charge < -0.3 is 19.1 Å². The molecule has 0 atom stereocenters. The monoisotopic (exact) mass is 673 g/mol. The summed E-state index contributed by atoms with van der Waals surface area (Å²) in [6.45, 7) is 2.02. The van der Waals surface area contributed by atoms with Crippen molar-refractivity contribution < 1.29 is 25.8 Å². The predicted molar refractivity (Wildman–Crippen MR) is 145 cm³/mol. The second-order valence-electron chi connectivity index (χ2n) is 8.55. The van der Waals surface area contributed by atoms with E-state index in [1.807, 2.05) is 89.2 Å². The van der Waals surface area contributed by atoms with Crippen LogP contribution in [-0.2, 0) is 21.1 Å². The van der Waals surface area contributed by atoms with Crippen LogP contribution in [-0.4, -0.2) is 14.5 Å². The first-order valence-corrected chi connectivity index (χ1v) is 11.9. The van der Waals surface area contributed by atoms with Crippen molar-refractivity contribution in [3.63, 3.8) is 0 Å². The van der Waals surface area contributed by atoms with Gasteiger partial charge in [0.25, 0.3) is 0 Å². The Labute approximate surface area is 234 Å². The largest absolute Gasteiger partial charge is 0.509 e. The van der Waals surface area contributed by atoms with Crippen LogP contribution in [0.15, 0.2) is 116 Å². The molecule has 3 heterocycles. The van der Waals surface area contributed by atoms with Crippen molar-refractivity contribution in [1.29, 1.82) is 0 Å². The standard InChI is InChI=1S/C31H20N5O.Pt/c1-2-8-23(9-3-1)34-18-19-35(22-34)24-10-6-11-25(20-24)37-26-14-15-28-27-12-4-5-13-29(27)36(30(28)21-26)31-32-16-7-17-33-31;/h1-19,22H;/q-3;.